The van der Waals surface area contributed by atoms with Crippen molar-refractivity contribution in [1.29, 1.82) is 0 Å². The van der Waals surface area contributed by atoms with E-state index in [9.17, 15) is 4.79 Å². The minimum atomic E-state index is -0.0707. The summed E-state index contributed by atoms with van der Waals surface area (Å²) in [6.45, 7) is 5.43. The van der Waals surface area contributed by atoms with Crippen molar-refractivity contribution in [3.63, 3.8) is 0 Å². The fourth-order valence-electron chi connectivity index (χ4n) is 4.63. The molecule has 0 aromatic heterocycles. The fourth-order valence-corrected chi connectivity index (χ4v) is 4.63. The van der Waals surface area contributed by atoms with Gasteiger partial charge in [0.25, 0.3) is 5.91 Å². The number of anilines is 2. The Hall–Kier alpha value is -3.37. The number of rotatable bonds is 5. The molecule has 3 aromatic carbocycles. The van der Waals surface area contributed by atoms with Gasteiger partial charge in [0.05, 0.1) is 11.3 Å². The summed E-state index contributed by atoms with van der Waals surface area (Å²) in [7, 11) is 0. The van der Waals surface area contributed by atoms with E-state index in [0.717, 1.165) is 40.3 Å². The minimum Gasteiger partial charge on any atom is -0.354 e. The average Bonchev–Trinajstić information content (AvgIpc) is 3.14. The van der Waals surface area contributed by atoms with Crippen molar-refractivity contribution in [3.05, 3.63) is 95.1 Å². The van der Waals surface area contributed by atoms with E-state index in [0.29, 0.717) is 5.57 Å². The van der Waals surface area contributed by atoms with E-state index in [2.05, 4.69) is 45.9 Å². The normalized spacial score (nSPS) is 17.6. The Morgan fingerprint density at radius 1 is 0.938 bits per heavy atom. The van der Waals surface area contributed by atoms with Crippen LogP contribution in [0.1, 0.15) is 41.5 Å². The third kappa shape index (κ3) is 4.32. The predicted octanol–water partition coefficient (Wildman–Crippen LogP) is 5.91. The number of hydrogen-bond acceptors (Lipinski definition) is 3. The number of nitrogens with zero attached hydrogens (tertiary/aromatic N) is 1. The van der Waals surface area contributed by atoms with Crippen LogP contribution in [0.25, 0.3) is 11.3 Å². The minimum absolute atomic E-state index is 0.0707. The molecule has 3 aromatic rings. The maximum absolute atomic E-state index is 13.0. The summed E-state index contributed by atoms with van der Waals surface area (Å²) in [5, 5.41) is 6.60. The van der Waals surface area contributed by atoms with E-state index in [1.165, 1.54) is 37.9 Å². The van der Waals surface area contributed by atoms with Gasteiger partial charge < -0.3 is 10.6 Å². The van der Waals surface area contributed by atoms with Crippen molar-refractivity contribution < 1.29 is 4.79 Å². The number of aryl methyl sites for hydroxylation is 1. The highest BCUT2D eigenvalue weighted by Gasteiger charge is 2.28. The van der Waals surface area contributed by atoms with Crippen LogP contribution in [0.2, 0.25) is 0 Å². The van der Waals surface area contributed by atoms with Gasteiger partial charge in [-0.05, 0) is 67.7 Å². The summed E-state index contributed by atoms with van der Waals surface area (Å²) in [6.07, 6.45) is 3.96. The summed E-state index contributed by atoms with van der Waals surface area (Å²) in [6, 6.07) is 24.8. The topological polar surface area (TPSA) is 44.4 Å². The van der Waals surface area contributed by atoms with Crippen molar-refractivity contribution >= 4 is 28.6 Å². The Labute approximate surface area is 190 Å². The molecule has 0 spiro atoms. The molecule has 0 saturated carbocycles. The molecule has 0 bridgehead atoms. The quantitative estimate of drug-likeness (QED) is 0.501. The van der Waals surface area contributed by atoms with E-state index < -0.39 is 0 Å². The van der Waals surface area contributed by atoms with Gasteiger partial charge in [0.1, 0.15) is 0 Å². The van der Waals surface area contributed by atoms with Gasteiger partial charge in [-0.3, -0.25) is 9.69 Å². The van der Waals surface area contributed by atoms with Gasteiger partial charge in [0.15, 0.2) is 0 Å². The van der Waals surface area contributed by atoms with Crippen molar-refractivity contribution in [1.82, 2.24) is 4.90 Å². The van der Waals surface area contributed by atoms with Gasteiger partial charge in [-0.15, -0.1) is 0 Å². The molecule has 1 fully saturated rings. The highest BCUT2D eigenvalue weighted by atomic mass is 16.2. The van der Waals surface area contributed by atoms with Crippen LogP contribution in [0.5, 0.6) is 0 Å². The standard InChI is InChI=1S/C28H29N3O/c1-20-10-15-24-25(18-20)30-28(32)26(24)27(22-8-4-2-5-9-22)29-23-13-11-21(12-14-23)19-31-16-6-3-7-17-31/h2,4-5,8-15,18,29H,3,6-7,16-17,19H2,1H3,(H,30,32). The van der Waals surface area contributed by atoms with E-state index in [4.69, 9.17) is 0 Å². The second-order valence-corrected chi connectivity index (χ2v) is 8.78. The third-order valence-electron chi connectivity index (χ3n) is 6.31. The first-order valence-electron chi connectivity index (χ1n) is 11.5. The highest BCUT2D eigenvalue weighted by molar-refractivity contribution is 6.37. The monoisotopic (exact) mass is 423 g/mol. The molecule has 0 atom stereocenters. The average molecular weight is 424 g/mol. The number of carbonyl (C=O) groups excluding carboxylic acids is 1. The van der Waals surface area contributed by atoms with E-state index in [1.807, 2.05) is 49.4 Å². The Bertz CT molecular complexity index is 1140. The molecule has 4 heteroatoms. The number of fused-ring (bicyclic) bond motifs is 1. The van der Waals surface area contributed by atoms with Crippen LogP contribution in [0.3, 0.4) is 0 Å². The molecule has 2 aliphatic rings. The zero-order chi connectivity index (χ0) is 21.9. The van der Waals surface area contributed by atoms with E-state index in [-0.39, 0.29) is 5.91 Å². The van der Waals surface area contributed by atoms with Gasteiger partial charge in [-0.25, -0.2) is 0 Å². The number of likely N-dealkylation sites (tertiary alicyclic amines) is 1. The zero-order valence-electron chi connectivity index (χ0n) is 18.5. The summed E-state index contributed by atoms with van der Waals surface area (Å²) < 4.78 is 0. The summed E-state index contributed by atoms with van der Waals surface area (Å²) in [4.78, 5) is 15.5. The molecule has 0 aliphatic carbocycles. The highest BCUT2D eigenvalue weighted by Crippen LogP contribution is 2.38. The lowest BCUT2D eigenvalue weighted by Gasteiger charge is -2.26. The Morgan fingerprint density at radius 2 is 1.69 bits per heavy atom. The van der Waals surface area contributed by atoms with Gasteiger partial charge >= 0.3 is 0 Å². The van der Waals surface area contributed by atoms with Crippen LogP contribution in [-0.4, -0.2) is 23.9 Å². The molecule has 1 amide bonds. The molecule has 32 heavy (non-hydrogen) atoms. The largest absolute Gasteiger partial charge is 0.354 e. The van der Waals surface area contributed by atoms with Gasteiger partial charge in [-0.2, -0.15) is 0 Å². The molecule has 2 heterocycles. The summed E-state index contributed by atoms with van der Waals surface area (Å²) in [5.41, 5.74) is 7.74. The van der Waals surface area contributed by atoms with Crippen LogP contribution in [0, 0.1) is 6.92 Å². The lowest BCUT2D eigenvalue weighted by atomic mass is 9.99. The number of benzene rings is 3. The first kappa shape index (κ1) is 20.5. The van der Waals surface area contributed by atoms with Crippen LogP contribution in [-0.2, 0) is 11.3 Å². The molecule has 5 rings (SSSR count). The maximum atomic E-state index is 13.0. The Balaban J connectivity index is 1.47. The maximum Gasteiger partial charge on any atom is 0.258 e. The smallest absolute Gasteiger partial charge is 0.258 e. The Morgan fingerprint density at radius 3 is 2.44 bits per heavy atom. The van der Waals surface area contributed by atoms with E-state index >= 15 is 0 Å². The van der Waals surface area contributed by atoms with Crippen LogP contribution < -0.4 is 10.6 Å². The molecule has 162 valence electrons. The SMILES string of the molecule is Cc1ccc2c(c1)NC(=O)C2=C(Nc1ccc(CN2CCCCC2)cc1)c1ccccc1. The fraction of sp³-hybridized carbons (Fsp3) is 0.250. The van der Waals surface area contributed by atoms with Crippen LogP contribution in [0.4, 0.5) is 11.4 Å². The number of hydrogen-bond donors (Lipinski definition) is 2. The van der Waals surface area contributed by atoms with Gasteiger partial charge in [0.2, 0.25) is 0 Å². The first-order valence-corrected chi connectivity index (χ1v) is 11.5. The lowest BCUT2D eigenvalue weighted by Crippen LogP contribution is -2.29. The molecule has 0 unspecified atom stereocenters. The van der Waals surface area contributed by atoms with Crippen molar-refractivity contribution in [2.24, 2.45) is 0 Å². The molecular weight excluding hydrogens is 394 g/mol. The number of nitrogens with one attached hydrogen (secondary N) is 2. The molecule has 2 aliphatic heterocycles. The van der Waals surface area contributed by atoms with Crippen molar-refractivity contribution in [3.8, 4) is 0 Å². The summed E-state index contributed by atoms with van der Waals surface area (Å²) >= 11 is 0. The lowest BCUT2D eigenvalue weighted by molar-refractivity contribution is -0.110. The number of amides is 1. The molecule has 2 N–H and O–H groups in total. The second kappa shape index (κ2) is 9.01. The van der Waals surface area contributed by atoms with E-state index in [1.54, 1.807) is 0 Å². The predicted molar refractivity (Wildman–Crippen MR) is 132 cm³/mol. The van der Waals surface area contributed by atoms with Gasteiger partial charge in [0, 0.05) is 23.5 Å². The van der Waals surface area contributed by atoms with Crippen LogP contribution >= 0.6 is 0 Å². The third-order valence-corrected chi connectivity index (χ3v) is 6.31. The first-order chi connectivity index (χ1) is 15.7. The second-order valence-electron chi connectivity index (χ2n) is 8.78. The Kier molecular flexibility index (Phi) is 5.78. The van der Waals surface area contributed by atoms with Crippen molar-refractivity contribution in [2.75, 3.05) is 23.7 Å². The molecule has 1 saturated heterocycles. The number of carbonyl (C=O) groups is 1. The summed E-state index contributed by atoms with van der Waals surface area (Å²) in [5.74, 6) is -0.0707. The van der Waals surface area contributed by atoms with Crippen LogP contribution in [0.15, 0.2) is 72.8 Å². The molecule has 0 radical (unpaired) electrons. The van der Waals surface area contributed by atoms with Crippen molar-refractivity contribution in [2.45, 2.75) is 32.7 Å². The molecular formula is C28H29N3O. The van der Waals surface area contributed by atoms with Gasteiger partial charge in [-0.1, -0.05) is 61.0 Å². The number of piperidine rings is 1. The molecule has 4 nitrogen and oxygen atoms in total. The zero-order valence-corrected chi connectivity index (χ0v) is 18.5.